The standard InChI is InChI=1S/C11H21NO2/c1-11(2,3)6-7-14-10(13)9(12)8-4-5-8/h8-9H,4-7,12H2,1-3H3. The molecule has 1 fully saturated rings. The summed E-state index contributed by atoms with van der Waals surface area (Å²) in [4.78, 5) is 11.4. The first kappa shape index (κ1) is 11.5. The molecule has 3 heteroatoms. The Hall–Kier alpha value is -0.570. The summed E-state index contributed by atoms with van der Waals surface area (Å²) in [6.07, 6.45) is 3.04. The van der Waals surface area contributed by atoms with Crippen molar-refractivity contribution in [3.63, 3.8) is 0 Å². The van der Waals surface area contributed by atoms with Crippen molar-refractivity contribution < 1.29 is 9.53 Å². The molecule has 1 rings (SSSR count). The average Bonchev–Trinajstić information content (AvgIpc) is 2.82. The van der Waals surface area contributed by atoms with Crippen molar-refractivity contribution in [2.75, 3.05) is 6.61 Å². The van der Waals surface area contributed by atoms with Gasteiger partial charge < -0.3 is 10.5 Å². The van der Waals surface area contributed by atoms with E-state index < -0.39 is 0 Å². The molecule has 2 N–H and O–H groups in total. The van der Waals surface area contributed by atoms with Crippen molar-refractivity contribution in [2.45, 2.75) is 46.1 Å². The normalized spacial score (nSPS) is 19.1. The summed E-state index contributed by atoms with van der Waals surface area (Å²) < 4.78 is 5.12. The molecule has 0 aromatic carbocycles. The number of rotatable bonds is 4. The molecule has 1 aliphatic carbocycles. The van der Waals surface area contributed by atoms with E-state index in [2.05, 4.69) is 20.8 Å². The highest BCUT2D eigenvalue weighted by molar-refractivity contribution is 5.76. The molecule has 1 saturated carbocycles. The molecule has 0 saturated heterocycles. The Morgan fingerprint density at radius 2 is 2.07 bits per heavy atom. The fourth-order valence-electron chi connectivity index (χ4n) is 1.20. The van der Waals surface area contributed by atoms with Crippen LogP contribution in [-0.4, -0.2) is 18.6 Å². The highest BCUT2D eigenvalue weighted by atomic mass is 16.5. The van der Waals surface area contributed by atoms with Gasteiger partial charge in [-0.15, -0.1) is 0 Å². The Bertz CT molecular complexity index is 204. The van der Waals surface area contributed by atoms with Crippen molar-refractivity contribution in [1.82, 2.24) is 0 Å². The molecular weight excluding hydrogens is 178 g/mol. The topological polar surface area (TPSA) is 52.3 Å². The molecule has 1 aliphatic rings. The number of ether oxygens (including phenoxy) is 1. The van der Waals surface area contributed by atoms with Crippen LogP contribution in [0.1, 0.15) is 40.0 Å². The zero-order valence-corrected chi connectivity index (χ0v) is 9.38. The first-order chi connectivity index (χ1) is 6.40. The quantitative estimate of drug-likeness (QED) is 0.701. The van der Waals surface area contributed by atoms with Gasteiger partial charge in [0.25, 0.3) is 0 Å². The van der Waals surface area contributed by atoms with Crippen molar-refractivity contribution >= 4 is 5.97 Å². The van der Waals surface area contributed by atoms with Crippen LogP contribution < -0.4 is 5.73 Å². The van der Waals surface area contributed by atoms with Gasteiger partial charge in [0.15, 0.2) is 0 Å². The molecule has 82 valence electrons. The monoisotopic (exact) mass is 199 g/mol. The van der Waals surface area contributed by atoms with Gasteiger partial charge in [-0.2, -0.15) is 0 Å². The Morgan fingerprint density at radius 3 is 2.50 bits per heavy atom. The minimum Gasteiger partial charge on any atom is -0.465 e. The number of esters is 1. The largest absolute Gasteiger partial charge is 0.465 e. The van der Waals surface area contributed by atoms with Crippen LogP contribution >= 0.6 is 0 Å². The van der Waals surface area contributed by atoms with E-state index in [1.165, 1.54) is 0 Å². The third kappa shape index (κ3) is 4.09. The minimum absolute atomic E-state index is 0.212. The third-order valence-corrected chi connectivity index (χ3v) is 2.50. The lowest BCUT2D eigenvalue weighted by atomic mass is 9.93. The summed E-state index contributed by atoms with van der Waals surface area (Å²) in [6, 6.07) is -0.380. The maximum Gasteiger partial charge on any atom is 0.323 e. The molecule has 0 amide bonds. The maximum atomic E-state index is 11.4. The van der Waals surface area contributed by atoms with Crippen LogP contribution in [0.5, 0.6) is 0 Å². The van der Waals surface area contributed by atoms with E-state index in [9.17, 15) is 4.79 Å². The van der Waals surface area contributed by atoms with Gasteiger partial charge >= 0.3 is 5.97 Å². The van der Waals surface area contributed by atoms with Crippen molar-refractivity contribution in [2.24, 2.45) is 17.1 Å². The molecule has 3 nitrogen and oxygen atoms in total. The Kier molecular flexibility index (Phi) is 3.53. The van der Waals surface area contributed by atoms with Gasteiger partial charge in [-0.3, -0.25) is 4.79 Å². The van der Waals surface area contributed by atoms with Crippen LogP contribution in [0.15, 0.2) is 0 Å². The van der Waals surface area contributed by atoms with Crippen molar-refractivity contribution in [3.8, 4) is 0 Å². The van der Waals surface area contributed by atoms with Crippen LogP contribution in [-0.2, 0) is 9.53 Å². The third-order valence-electron chi connectivity index (χ3n) is 2.50. The smallest absolute Gasteiger partial charge is 0.323 e. The lowest BCUT2D eigenvalue weighted by molar-refractivity contribution is -0.146. The predicted octanol–water partition coefficient (Wildman–Crippen LogP) is 1.70. The minimum atomic E-state index is -0.380. The van der Waals surface area contributed by atoms with E-state index in [1.807, 2.05) is 0 Å². The second-order valence-electron chi connectivity index (χ2n) is 5.34. The SMILES string of the molecule is CC(C)(C)CCOC(=O)C(N)C1CC1. The number of nitrogens with two attached hydrogens (primary N) is 1. The molecule has 14 heavy (non-hydrogen) atoms. The average molecular weight is 199 g/mol. The van der Waals surface area contributed by atoms with Gasteiger partial charge in [0.05, 0.1) is 6.61 Å². The Labute approximate surface area is 86.0 Å². The lowest BCUT2D eigenvalue weighted by Gasteiger charge is -2.18. The number of carbonyl (C=O) groups excluding carboxylic acids is 1. The number of hydrogen-bond acceptors (Lipinski definition) is 3. The molecule has 0 aromatic rings. The molecule has 0 aromatic heterocycles. The van der Waals surface area contributed by atoms with E-state index in [0.717, 1.165) is 19.3 Å². The van der Waals surface area contributed by atoms with Crippen molar-refractivity contribution in [3.05, 3.63) is 0 Å². The van der Waals surface area contributed by atoms with Gasteiger partial charge in [0.2, 0.25) is 0 Å². The maximum absolute atomic E-state index is 11.4. The van der Waals surface area contributed by atoms with Crippen LogP contribution in [0.4, 0.5) is 0 Å². The summed E-state index contributed by atoms with van der Waals surface area (Å²) in [5.74, 6) is 0.161. The van der Waals surface area contributed by atoms with E-state index >= 15 is 0 Å². The predicted molar refractivity (Wildman–Crippen MR) is 55.7 cm³/mol. The molecular formula is C11H21NO2. The molecule has 1 atom stereocenters. The summed E-state index contributed by atoms with van der Waals surface area (Å²) in [6.45, 7) is 6.87. The Morgan fingerprint density at radius 1 is 1.50 bits per heavy atom. The summed E-state index contributed by atoms with van der Waals surface area (Å²) in [5, 5.41) is 0. The molecule has 0 bridgehead atoms. The fourth-order valence-corrected chi connectivity index (χ4v) is 1.20. The first-order valence-corrected chi connectivity index (χ1v) is 5.32. The molecule has 0 spiro atoms. The molecule has 0 heterocycles. The summed E-state index contributed by atoms with van der Waals surface area (Å²) >= 11 is 0. The van der Waals surface area contributed by atoms with Crippen molar-refractivity contribution in [1.29, 1.82) is 0 Å². The second-order valence-corrected chi connectivity index (χ2v) is 5.34. The Balaban J connectivity index is 2.14. The first-order valence-electron chi connectivity index (χ1n) is 5.32. The van der Waals surface area contributed by atoms with Gasteiger partial charge in [0, 0.05) is 0 Å². The second kappa shape index (κ2) is 4.30. The highest BCUT2D eigenvalue weighted by Crippen LogP contribution is 2.32. The van der Waals surface area contributed by atoms with Crippen LogP contribution in [0.25, 0.3) is 0 Å². The summed E-state index contributed by atoms with van der Waals surface area (Å²) in [7, 11) is 0. The van der Waals surface area contributed by atoms with Gasteiger partial charge in [0.1, 0.15) is 6.04 Å². The van der Waals surface area contributed by atoms with Gasteiger partial charge in [-0.05, 0) is 30.6 Å². The fraction of sp³-hybridized carbons (Fsp3) is 0.909. The van der Waals surface area contributed by atoms with Gasteiger partial charge in [-0.1, -0.05) is 20.8 Å². The van der Waals surface area contributed by atoms with E-state index in [1.54, 1.807) is 0 Å². The van der Waals surface area contributed by atoms with E-state index in [0.29, 0.717) is 12.5 Å². The van der Waals surface area contributed by atoms with Gasteiger partial charge in [-0.25, -0.2) is 0 Å². The molecule has 0 radical (unpaired) electrons. The highest BCUT2D eigenvalue weighted by Gasteiger charge is 2.34. The lowest BCUT2D eigenvalue weighted by Crippen LogP contribution is -2.34. The van der Waals surface area contributed by atoms with Crippen LogP contribution in [0.3, 0.4) is 0 Å². The van der Waals surface area contributed by atoms with E-state index in [-0.39, 0.29) is 17.4 Å². The number of hydrogen-bond donors (Lipinski definition) is 1. The number of carbonyl (C=O) groups is 1. The van der Waals surface area contributed by atoms with Crippen LogP contribution in [0.2, 0.25) is 0 Å². The zero-order valence-electron chi connectivity index (χ0n) is 9.38. The molecule has 0 aliphatic heterocycles. The zero-order chi connectivity index (χ0) is 10.8. The summed E-state index contributed by atoms with van der Waals surface area (Å²) in [5.41, 5.74) is 5.91. The van der Waals surface area contributed by atoms with Crippen LogP contribution in [0, 0.1) is 11.3 Å². The molecule has 1 unspecified atom stereocenters. The van der Waals surface area contributed by atoms with E-state index in [4.69, 9.17) is 10.5 Å².